The van der Waals surface area contributed by atoms with Crippen LogP contribution >= 0.6 is 0 Å². The maximum absolute atomic E-state index is 13.6. The van der Waals surface area contributed by atoms with Crippen LogP contribution in [-0.2, 0) is 0 Å². The first kappa shape index (κ1) is 21.2. The van der Waals surface area contributed by atoms with Crippen LogP contribution < -0.4 is 0 Å². The first-order valence-electron chi connectivity index (χ1n) is 11.4. The van der Waals surface area contributed by atoms with Gasteiger partial charge in [0.15, 0.2) is 0 Å². The normalized spacial score (nSPS) is 15.4. The van der Waals surface area contributed by atoms with E-state index in [-0.39, 0.29) is 11.8 Å². The number of rotatable bonds is 5. The van der Waals surface area contributed by atoms with E-state index in [1.165, 1.54) is 0 Å². The monoisotopic (exact) mass is 437 g/mol. The molecule has 0 unspecified atom stereocenters. The minimum atomic E-state index is -0.496. The van der Waals surface area contributed by atoms with Crippen molar-refractivity contribution in [3.63, 3.8) is 0 Å². The Hall–Kier alpha value is -3.70. The predicted octanol–water partition coefficient (Wildman–Crippen LogP) is 5.13. The van der Waals surface area contributed by atoms with Crippen molar-refractivity contribution in [2.24, 2.45) is 5.92 Å². The van der Waals surface area contributed by atoms with Crippen molar-refractivity contribution in [3.8, 4) is 16.9 Å². The highest BCUT2D eigenvalue weighted by Gasteiger charge is 2.30. The summed E-state index contributed by atoms with van der Waals surface area (Å²) < 4.78 is 1.78. The van der Waals surface area contributed by atoms with Crippen LogP contribution in [0.5, 0.6) is 0 Å². The number of nitrogens with zero attached hydrogens (tertiary/aromatic N) is 3. The van der Waals surface area contributed by atoms with E-state index in [0.717, 1.165) is 29.7 Å². The van der Waals surface area contributed by atoms with E-state index in [9.17, 15) is 9.90 Å². The lowest BCUT2D eigenvalue weighted by molar-refractivity contribution is 0.0463. The number of amides is 1. The van der Waals surface area contributed by atoms with E-state index >= 15 is 0 Å². The van der Waals surface area contributed by atoms with Gasteiger partial charge in [-0.05, 0) is 36.5 Å². The highest BCUT2D eigenvalue weighted by atomic mass is 16.3. The zero-order valence-corrected chi connectivity index (χ0v) is 18.4. The van der Waals surface area contributed by atoms with Crippen molar-refractivity contribution in [3.05, 3.63) is 108 Å². The highest BCUT2D eigenvalue weighted by Crippen LogP contribution is 2.32. The molecule has 2 heterocycles. The summed E-state index contributed by atoms with van der Waals surface area (Å²) in [6, 6.07) is 29.5. The molecule has 1 atom stereocenters. The van der Waals surface area contributed by atoms with Gasteiger partial charge in [-0.1, -0.05) is 78.9 Å². The second-order valence-electron chi connectivity index (χ2n) is 8.52. The molecule has 5 nitrogen and oxygen atoms in total. The van der Waals surface area contributed by atoms with Crippen molar-refractivity contribution in [1.29, 1.82) is 0 Å². The number of carbonyl (C=O) groups is 1. The highest BCUT2D eigenvalue weighted by molar-refractivity contribution is 6.00. The van der Waals surface area contributed by atoms with Gasteiger partial charge in [0, 0.05) is 24.8 Å². The molecule has 1 fully saturated rings. The van der Waals surface area contributed by atoms with Crippen LogP contribution in [0.1, 0.15) is 34.9 Å². The van der Waals surface area contributed by atoms with Gasteiger partial charge in [0.2, 0.25) is 0 Å². The number of hydrogen-bond donors (Lipinski definition) is 1. The average Bonchev–Trinajstić information content (AvgIpc) is 3.35. The molecule has 3 aromatic carbocycles. The molecule has 1 aliphatic rings. The van der Waals surface area contributed by atoms with Gasteiger partial charge in [0.05, 0.1) is 17.4 Å². The molecule has 1 N–H and O–H groups in total. The lowest BCUT2D eigenvalue weighted by Crippen LogP contribution is -2.39. The smallest absolute Gasteiger partial charge is 0.257 e. The molecular weight excluding hydrogens is 410 g/mol. The minimum absolute atomic E-state index is 0.0105. The lowest BCUT2D eigenvalue weighted by Gasteiger charge is -2.34. The van der Waals surface area contributed by atoms with Gasteiger partial charge in [0.1, 0.15) is 5.69 Å². The number of aliphatic hydroxyl groups is 1. The second kappa shape index (κ2) is 9.43. The van der Waals surface area contributed by atoms with Crippen LogP contribution in [0.3, 0.4) is 0 Å². The Kier molecular flexibility index (Phi) is 6.05. The third kappa shape index (κ3) is 4.45. The van der Waals surface area contributed by atoms with Gasteiger partial charge in [-0.3, -0.25) is 4.79 Å². The summed E-state index contributed by atoms with van der Waals surface area (Å²) in [5, 5.41) is 15.6. The van der Waals surface area contributed by atoms with Crippen LogP contribution in [0.25, 0.3) is 16.9 Å². The molecule has 0 bridgehead atoms. The number of para-hydroxylation sites is 1. The maximum Gasteiger partial charge on any atom is 0.257 e. The quantitative estimate of drug-likeness (QED) is 0.471. The molecule has 33 heavy (non-hydrogen) atoms. The van der Waals surface area contributed by atoms with Gasteiger partial charge >= 0.3 is 0 Å². The lowest BCUT2D eigenvalue weighted by atomic mass is 9.87. The molecule has 1 saturated heterocycles. The Bertz CT molecular complexity index is 1200. The summed E-state index contributed by atoms with van der Waals surface area (Å²) in [6.45, 7) is 1.25. The Morgan fingerprint density at radius 3 is 2.06 bits per heavy atom. The fourth-order valence-corrected chi connectivity index (χ4v) is 4.56. The zero-order chi connectivity index (χ0) is 22.6. The largest absolute Gasteiger partial charge is 0.388 e. The topological polar surface area (TPSA) is 58.4 Å². The summed E-state index contributed by atoms with van der Waals surface area (Å²) >= 11 is 0. The predicted molar refractivity (Wildman–Crippen MR) is 129 cm³/mol. The summed E-state index contributed by atoms with van der Waals surface area (Å²) in [5.74, 6) is 0.140. The summed E-state index contributed by atoms with van der Waals surface area (Å²) in [6.07, 6.45) is 2.89. The summed E-state index contributed by atoms with van der Waals surface area (Å²) in [5.41, 5.74) is 4.07. The van der Waals surface area contributed by atoms with Crippen molar-refractivity contribution in [1.82, 2.24) is 14.7 Å². The molecule has 0 aliphatic carbocycles. The number of hydrogen-bond acceptors (Lipinski definition) is 3. The van der Waals surface area contributed by atoms with E-state index in [4.69, 9.17) is 5.10 Å². The van der Waals surface area contributed by atoms with Crippen LogP contribution in [0.15, 0.2) is 97.2 Å². The number of benzene rings is 3. The standard InChI is InChI=1S/C28H27N3O2/c32-27(22-12-6-2-7-13-22)23-16-18-30(19-17-23)28(33)25-20-31(24-14-8-3-9-15-24)29-26(25)21-10-4-1-5-11-21/h1-15,20,23,27,32H,16-19H2/t27-/m0/s1. The molecular formula is C28H27N3O2. The fourth-order valence-electron chi connectivity index (χ4n) is 4.56. The molecule has 0 spiro atoms. The molecule has 5 rings (SSSR count). The van der Waals surface area contributed by atoms with Crippen LogP contribution in [0.4, 0.5) is 0 Å². The number of aliphatic hydroxyl groups excluding tert-OH is 1. The fraction of sp³-hybridized carbons (Fsp3) is 0.214. The molecule has 5 heteroatoms. The zero-order valence-electron chi connectivity index (χ0n) is 18.4. The number of carbonyl (C=O) groups excluding carboxylic acids is 1. The summed E-state index contributed by atoms with van der Waals surface area (Å²) in [7, 11) is 0. The molecule has 166 valence electrons. The van der Waals surface area contributed by atoms with Crippen molar-refractivity contribution in [2.45, 2.75) is 18.9 Å². The van der Waals surface area contributed by atoms with Crippen molar-refractivity contribution >= 4 is 5.91 Å². The third-order valence-electron chi connectivity index (χ3n) is 6.43. The molecule has 4 aromatic rings. The first-order valence-corrected chi connectivity index (χ1v) is 11.4. The molecule has 1 aromatic heterocycles. The van der Waals surface area contributed by atoms with Gasteiger partial charge < -0.3 is 10.0 Å². The van der Waals surface area contributed by atoms with Crippen molar-refractivity contribution in [2.75, 3.05) is 13.1 Å². The van der Waals surface area contributed by atoms with E-state index in [2.05, 4.69) is 0 Å². The van der Waals surface area contributed by atoms with E-state index in [0.29, 0.717) is 24.3 Å². The number of likely N-dealkylation sites (tertiary alicyclic amines) is 1. The van der Waals surface area contributed by atoms with E-state index < -0.39 is 6.10 Å². The van der Waals surface area contributed by atoms with Gasteiger partial charge in [-0.2, -0.15) is 5.10 Å². The third-order valence-corrected chi connectivity index (χ3v) is 6.43. The first-order chi connectivity index (χ1) is 16.2. The van der Waals surface area contributed by atoms with E-state index in [1.54, 1.807) is 4.68 Å². The number of aromatic nitrogens is 2. The van der Waals surface area contributed by atoms with Crippen molar-refractivity contribution < 1.29 is 9.90 Å². The minimum Gasteiger partial charge on any atom is -0.388 e. The van der Waals surface area contributed by atoms with Crippen LogP contribution in [-0.4, -0.2) is 38.8 Å². The SMILES string of the molecule is O=C(c1cn(-c2ccccc2)nc1-c1ccccc1)N1CCC([C@@H](O)c2ccccc2)CC1. The molecule has 0 saturated carbocycles. The van der Waals surface area contributed by atoms with Gasteiger partial charge in [-0.15, -0.1) is 0 Å². The number of piperidine rings is 1. The second-order valence-corrected chi connectivity index (χ2v) is 8.52. The molecule has 0 radical (unpaired) electrons. The summed E-state index contributed by atoms with van der Waals surface area (Å²) in [4.78, 5) is 15.5. The van der Waals surface area contributed by atoms with Crippen LogP contribution in [0.2, 0.25) is 0 Å². The van der Waals surface area contributed by atoms with Gasteiger partial charge in [-0.25, -0.2) is 4.68 Å². The average molecular weight is 438 g/mol. The Morgan fingerprint density at radius 2 is 1.42 bits per heavy atom. The Labute approximate surface area is 193 Å². The van der Waals surface area contributed by atoms with Crippen LogP contribution in [0, 0.1) is 5.92 Å². The van der Waals surface area contributed by atoms with E-state index in [1.807, 2.05) is 102 Å². The Balaban J connectivity index is 1.38. The molecule has 1 amide bonds. The Morgan fingerprint density at radius 1 is 0.848 bits per heavy atom. The van der Waals surface area contributed by atoms with Gasteiger partial charge in [0.25, 0.3) is 5.91 Å². The maximum atomic E-state index is 13.6. The molecule has 1 aliphatic heterocycles.